The molecule has 0 aliphatic carbocycles. The van der Waals surface area contributed by atoms with Gasteiger partial charge in [0.05, 0.1) is 12.6 Å². The van der Waals surface area contributed by atoms with E-state index in [9.17, 15) is 13.2 Å². The second-order valence-electron chi connectivity index (χ2n) is 9.08. The molecule has 34 heavy (non-hydrogen) atoms. The fraction of sp³-hybridized carbons (Fsp3) is 0.440. The standard InChI is InChI=1S/C25H31N3O4S2/c1-5-14-32-25(29)27-34(30,31)24-23(17(4)21(33-24)15-16(2)3)19-8-6-18(7-9-19)20-10-11-22-26-12-13-28(20)22/h6-9,12-13,16,20H,5,10-11,14-15H2,1-4H3,(H,27,29)/t20-/m1/s1. The minimum absolute atomic E-state index is 0.152. The van der Waals surface area contributed by atoms with Gasteiger partial charge in [-0.2, -0.15) is 0 Å². The SMILES string of the molecule is CCCOC(=O)NS(=O)(=O)c1sc(CC(C)C)c(C)c1-c1ccc([C@H]2CCc3nccn32)cc1. The number of nitrogens with one attached hydrogen (secondary N) is 1. The summed E-state index contributed by atoms with van der Waals surface area (Å²) in [6, 6.07) is 8.33. The number of amides is 1. The summed E-state index contributed by atoms with van der Waals surface area (Å²) >= 11 is 1.23. The summed E-state index contributed by atoms with van der Waals surface area (Å²) in [6.45, 7) is 8.18. The molecule has 1 aliphatic rings. The highest BCUT2D eigenvalue weighted by Gasteiger charge is 2.29. The number of rotatable bonds is 8. The van der Waals surface area contributed by atoms with E-state index >= 15 is 0 Å². The van der Waals surface area contributed by atoms with E-state index in [2.05, 4.69) is 40.3 Å². The van der Waals surface area contributed by atoms with Gasteiger partial charge in [-0.15, -0.1) is 11.3 Å². The van der Waals surface area contributed by atoms with Gasteiger partial charge in [-0.1, -0.05) is 45.0 Å². The number of hydrogen-bond acceptors (Lipinski definition) is 6. The molecule has 0 spiro atoms. The zero-order chi connectivity index (χ0) is 24.5. The van der Waals surface area contributed by atoms with Crippen molar-refractivity contribution in [1.82, 2.24) is 14.3 Å². The molecule has 9 heteroatoms. The summed E-state index contributed by atoms with van der Waals surface area (Å²) in [7, 11) is -4.08. The lowest BCUT2D eigenvalue weighted by atomic mass is 9.97. The van der Waals surface area contributed by atoms with Crippen molar-refractivity contribution in [2.24, 2.45) is 5.92 Å². The van der Waals surface area contributed by atoms with E-state index in [1.807, 2.05) is 38.4 Å². The highest BCUT2D eigenvalue weighted by molar-refractivity contribution is 7.92. The molecular formula is C25H31N3O4S2. The number of carbonyl (C=O) groups is 1. The minimum atomic E-state index is -4.08. The monoisotopic (exact) mass is 501 g/mol. The van der Waals surface area contributed by atoms with Gasteiger partial charge < -0.3 is 9.30 Å². The highest BCUT2D eigenvalue weighted by atomic mass is 32.2. The number of hydrogen-bond donors (Lipinski definition) is 1. The largest absolute Gasteiger partial charge is 0.449 e. The lowest BCUT2D eigenvalue weighted by Crippen LogP contribution is -2.31. The van der Waals surface area contributed by atoms with E-state index in [0.29, 0.717) is 17.9 Å². The number of sulfonamides is 1. The molecule has 0 unspecified atom stereocenters. The van der Waals surface area contributed by atoms with Crippen molar-refractivity contribution in [2.45, 2.75) is 63.6 Å². The van der Waals surface area contributed by atoms with Crippen LogP contribution in [0.5, 0.6) is 0 Å². The summed E-state index contributed by atoms with van der Waals surface area (Å²) in [5.41, 5.74) is 3.57. The molecule has 0 fully saturated rings. The Morgan fingerprint density at radius 1 is 1.29 bits per heavy atom. The van der Waals surface area contributed by atoms with Crippen molar-refractivity contribution in [3.05, 3.63) is 58.5 Å². The van der Waals surface area contributed by atoms with Crippen molar-refractivity contribution < 1.29 is 17.9 Å². The summed E-state index contributed by atoms with van der Waals surface area (Å²) in [5.74, 6) is 1.47. The number of imidazole rings is 1. The van der Waals surface area contributed by atoms with Crippen LogP contribution in [0.15, 0.2) is 40.9 Å². The van der Waals surface area contributed by atoms with Gasteiger partial charge >= 0.3 is 6.09 Å². The smallest absolute Gasteiger partial charge is 0.421 e. The van der Waals surface area contributed by atoms with Crippen molar-refractivity contribution in [3.8, 4) is 11.1 Å². The molecule has 1 aliphatic heterocycles. The first-order valence-electron chi connectivity index (χ1n) is 11.6. The van der Waals surface area contributed by atoms with Crippen molar-refractivity contribution in [2.75, 3.05) is 6.61 Å². The van der Waals surface area contributed by atoms with Gasteiger partial charge in [0, 0.05) is 29.3 Å². The average molecular weight is 502 g/mol. The maximum absolute atomic E-state index is 13.2. The van der Waals surface area contributed by atoms with Crippen LogP contribution >= 0.6 is 11.3 Å². The number of nitrogens with zero attached hydrogens (tertiary/aromatic N) is 2. The first-order valence-corrected chi connectivity index (χ1v) is 13.9. The first kappa shape index (κ1) is 24.5. The number of aromatic nitrogens is 2. The normalized spacial score (nSPS) is 15.5. The zero-order valence-corrected chi connectivity index (χ0v) is 21.6. The zero-order valence-electron chi connectivity index (χ0n) is 20.0. The molecule has 0 saturated heterocycles. The first-order chi connectivity index (χ1) is 16.2. The molecule has 0 bridgehead atoms. The molecule has 3 aromatic rings. The molecular weight excluding hydrogens is 470 g/mol. The van der Waals surface area contributed by atoms with E-state index in [1.165, 1.54) is 16.9 Å². The molecule has 7 nitrogen and oxygen atoms in total. The van der Waals surface area contributed by atoms with Crippen molar-refractivity contribution in [1.29, 1.82) is 0 Å². The van der Waals surface area contributed by atoms with Crippen LogP contribution in [0, 0.1) is 12.8 Å². The van der Waals surface area contributed by atoms with Gasteiger partial charge in [-0.05, 0) is 48.8 Å². The second-order valence-corrected chi connectivity index (χ2v) is 12.1. The van der Waals surface area contributed by atoms with Gasteiger partial charge in [-0.3, -0.25) is 0 Å². The Labute approximate surface area is 205 Å². The maximum atomic E-state index is 13.2. The van der Waals surface area contributed by atoms with Gasteiger partial charge in [0.2, 0.25) is 0 Å². The van der Waals surface area contributed by atoms with E-state index in [4.69, 9.17) is 4.74 Å². The molecule has 0 saturated carbocycles. The molecule has 1 N–H and O–H groups in total. The third-order valence-electron chi connectivity index (χ3n) is 6.02. The Morgan fingerprint density at radius 3 is 2.71 bits per heavy atom. The Hall–Kier alpha value is -2.65. The second kappa shape index (κ2) is 9.92. The van der Waals surface area contributed by atoms with Crippen molar-refractivity contribution >= 4 is 27.5 Å². The third-order valence-corrected chi connectivity index (χ3v) is 9.16. The lowest BCUT2D eigenvalue weighted by molar-refractivity contribution is 0.152. The van der Waals surface area contributed by atoms with Crippen LogP contribution in [0.4, 0.5) is 4.79 Å². The molecule has 1 atom stereocenters. The van der Waals surface area contributed by atoms with E-state index in [1.54, 1.807) is 0 Å². The molecule has 4 rings (SSSR count). The van der Waals surface area contributed by atoms with Gasteiger partial charge in [0.1, 0.15) is 10.0 Å². The predicted octanol–water partition coefficient (Wildman–Crippen LogP) is 5.48. The molecule has 182 valence electrons. The fourth-order valence-electron chi connectivity index (χ4n) is 4.43. The van der Waals surface area contributed by atoms with Crippen LogP contribution in [0.25, 0.3) is 11.1 Å². The van der Waals surface area contributed by atoms with Crippen LogP contribution in [0.1, 0.15) is 61.5 Å². The molecule has 1 amide bonds. The van der Waals surface area contributed by atoms with Crippen LogP contribution in [0.2, 0.25) is 0 Å². The Kier molecular flexibility index (Phi) is 7.14. The number of benzene rings is 1. The fourth-order valence-corrected chi connectivity index (χ4v) is 7.47. The Balaban J connectivity index is 1.70. The third kappa shape index (κ3) is 4.90. The van der Waals surface area contributed by atoms with Crippen LogP contribution < -0.4 is 4.72 Å². The van der Waals surface area contributed by atoms with E-state index in [-0.39, 0.29) is 16.9 Å². The topological polar surface area (TPSA) is 90.3 Å². The summed E-state index contributed by atoms with van der Waals surface area (Å²) in [5, 5.41) is 0. The van der Waals surface area contributed by atoms with Gasteiger partial charge in [0.25, 0.3) is 10.0 Å². The lowest BCUT2D eigenvalue weighted by Gasteiger charge is -2.15. The minimum Gasteiger partial charge on any atom is -0.449 e. The summed E-state index contributed by atoms with van der Waals surface area (Å²) in [6.07, 6.45) is 6.22. The number of carbonyl (C=O) groups excluding carboxylic acids is 1. The van der Waals surface area contributed by atoms with Gasteiger partial charge in [0.15, 0.2) is 0 Å². The summed E-state index contributed by atoms with van der Waals surface area (Å²) in [4.78, 5) is 17.5. The number of fused-ring (bicyclic) bond motifs is 1. The van der Waals surface area contributed by atoms with Crippen LogP contribution in [0.3, 0.4) is 0 Å². The maximum Gasteiger partial charge on any atom is 0.421 e. The number of thiophene rings is 1. The molecule has 2 aromatic heterocycles. The predicted molar refractivity (Wildman–Crippen MR) is 134 cm³/mol. The highest BCUT2D eigenvalue weighted by Crippen LogP contribution is 2.41. The molecule has 0 radical (unpaired) electrons. The number of ether oxygens (including phenoxy) is 1. The Bertz CT molecular complexity index is 1270. The number of aryl methyl sites for hydroxylation is 1. The summed E-state index contributed by atoms with van der Waals surface area (Å²) < 4.78 is 35.8. The molecule has 3 heterocycles. The Morgan fingerprint density at radius 2 is 2.03 bits per heavy atom. The van der Waals surface area contributed by atoms with E-state index in [0.717, 1.165) is 41.1 Å². The van der Waals surface area contributed by atoms with Gasteiger partial charge in [-0.25, -0.2) is 22.9 Å². The van der Waals surface area contributed by atoms with Crippen LogP contribution in [-0.4, -0.2) is 30.7 Å². The average Bonchev–Trinajstić information content (AvgIpc) is 3.48. The quantitative estimate of drug-likeness (QED) is 0.441. The van der Waals surface area contributed by atoms with Crippen LogP contribution in [-0.2, 0) is 27.6 Å². The van der Waals surface area contributed by atoms with E-state index < -0.39 is 16.1 Å². The van der Waals surface area contributed by atoms with Crippen molar-refractivity contribution in [3.63, 3.8) is 0 Å². The molecule has 1 aromatic carbocycles.